The Bertz CT molecular complexity index is 519. The Morgan fingerprint density at radius 1 is 1.45 bits per heavy atom. The van der Waals surface area contributed by atoms with Gasteiger partial charge in [-0.1, -0.05) is 15.9 Å². The predicted molar refractivity (Wildman–Crippen MR) is 81.4 cm³/mol. The Labute approximate surface area is 126 Å². The topological polar surface area (TPSA) is 67.4 Å². The van der Waals surface area contributed by atoms with Gasteiger partial charge in [0.15, 0.2) is 6.10 Å². The maximum absolute atomic E-state index is 11.7. The van der Waals surface area contributed by atoms with E-state index in [1.54, 1.807) is 25.1 Å². The van der Waals surface area contributed by atoms with Crippen molar-refractivity contribution in [2.75, 3.05) is 16.0 Å². The van der Waals surface area contributed by atoms with Gasteiger partial charge < -0.3 is 15.4 Å². The number of nitrogens with one attached hydrogen (secondary N) is 2. The molecule has 0 fully saturated rings. The summed E-state index contributed by atoms with van der Waals surface area (Å²) in [5, 5.41) is 6.47. The molecule has 6 heteroatoms. The van der Waals surface area contributed by atoms with Crippen molar-refractivity contribution >= 4 is 39.1 Å². The van der Waals surface area contributed by atoms with Crippen molar-refractivity contribution in [2.45, 2.75) is 32.3 Å². The number of unbranched alkanes of at least 4 members (excludes halogenated alkanes) is 1. The first-order valence-corrected chi connectivity index (χ1v) is 7.69. The molecular weight excluding hydrogens is 324 g/mol. The first-order valence-electron chi connectivity index (χ1n) is 6.57. The highest BCUT2D eigenvalue weighted by Gasteiger charge is 2.23. The summed E-state index contributed by atoms with van der Waals surface area (Å²) in [5.74, 6) is 0.412. The number of hydrogen-bond acceptors (Lipinski definition) is 3. The van der Waals surface area contributed by atoms with Crippen molar-refractivity contribution in [3.05, 3.63) is 18.2 Å². The zero-order valence-corrected chi connectivity index (χ0v) is 12.8. The second kappa shape index (κ2) is 6.74. The number of carbonyl (C=O) groups is 2. The maximum atomic E-state index is 11.7. The minimum Gasteiger partial charge on any atom is -0.479 e. The van der Waals surface area contributed by atoms with Crippen LogP contribution in [-0.4, -0.2) is 23.2 Å². The lowest BCUT2D eigenvalue weighted by Crippen LogP contribution is -2.34. The predicted octanol–water partition coefficient (Wildman–Crippen LogP) is 2.91. The molecule has 2 N–H and O–H groups in total. The van der Waals surface area contributed by atoms with Gasteiger partial charge in [0.05, 0.1) is 5.69 Å². The molecule has 2 rings (SSSR count). The Morgan fingerprint density at radius 2 is 2.25 bits per heavy atom. The van der Waals surface area contributed by atoms with Gasteiger partial charge in [-0.15, -0.1) is 0 Å². The molecule has 1 aliphatic rings. The highest BCUT2D eigenvalue weighted by atomic mass is 79.9. The number of hydrogen-bond donors (Lipinski definition) is 2. The normalized spacial score (nSPS) is 16.9. The molecule has 1 aromatic rings. The van der Waals surface area contributed by atoms with E-state index in [-0.39, 0.29) is 11.8 Å². The van der Waals surface area contributed by atoms with E-state index in [1.165, 1.54) is 0 Å². The van der Waals surface area contributed by atoms with E-state index in [1.807, 2.05) is 0 Å². The molecule has 0 aromatic heterocycles. The van der Waals surface area contributed by atoms with Crippen LogP contribution in [0.5, 0.6) is 5.75 Å². The highest BCUT2D eigenvalue weighted by molar-refractivity contribution is 9.09. The standard InChI is InChI=1S/C14H17BrN2O3/c1-9-14(19)17-11-8-10(5-6-12(11)20-9)16-13(18)4-2-3-7-15/h5-6,8-9H,2-4,7H2,1H3,(H,16,18)(H,17,19). The van der Waals surface area contributed by atoms with Crippen molar-refractivity contribution in [1.82, 2.24) is 0 Å². The Morgan fingerprint density at radius 3 is 3.00 bits per heavy atom. The SMILES string of the molecule is CC1Oc2ccc(NC(=O)CCCCBr)cc2NC1=O. The molecule has 0 radical (unpaired) electrons. The van der Waals surface area contributed by atoms with Gasteiger partial charge in [0.25, 0.3) is 5.91 Å². The molecular formula is C14H17BrN2O3. The van der Waals surface area contributed by atoms with Crippen molar-refractivity contribution in [3.63, 3.8) is 0 Å². The number of anilines is 2. The fourth-order valence-corrected chi connectivity index (χ4v) is 2.29. The summed E-state index contributed by atoms with van der Waals surface area (Å²) in [7, 11) is 0. The van der Waals surface area contributed by atoms with Crippen LogP contribution in [0.25, 0.3) is 0 Å². The lowest BCUT2D eigenvalue weighted by Gasteiger charge is -2.23. The minimum absolute atomic E-state index is 0.0256. The average molecular weight is 341 g/mol. The van der Waals surface area contributed by atoms with Gasteiger partial charge in [0.2, 0.25) is 5.91 Å². The molecule has 0 aliphatic carbocycles. The number of fused-ring (bicyclic) bond motifs is 1. The van der Waals surface area contributed by atoms with E-state index in [0.717, 1.165) is 18.2 Å². The lowest BCUT2D eigenvalue weighted by molar-refractivity contribution is -0.122. The van der Waals surface area contributed by atoms with E-state index >= 15 is 0 Å². The fourth-order valence-electron chi connectivity index (χ4n) is 1.89. The lowest BCUT2D eigenvalue weighted by atomic mass is 10.2. The van der Waals surface area contributed by atoms with Gasteiger partial charge >= 0.3 is 0 Å². The van der Waals surface area contributed by atoms with E-state index in [2.05, 4.69) is 26.6 Å². The quantitative estimate of drug-likeness (QED) is 0.639. The highest BCUT2D eigenvalue weighted by Crippen LogP contribution is 2.32. The first-order chi connectivity index (χ1) is 9.60. The largest absolute Gasteiger partial charge is 0.479 e. The third-order valence-corrected chi connectivity index (χ3v) is 3.54. The zero-order valence-electron chi connectivity index (χ0n) is 11.2. The van der Waals surface area contributed by atoms with Gasteiger partial charge in [0.1, 0.15) is 5.75 Å². The van der Waals surface area contributed by atoms with Gasteiger partial charge in [-0.3, -0.25) is 9.59 Å². The molecule has 0 saturated carbocycles. The molecule has 2 amide bonds. The van der Waals surface area contributed by atoms with Crippen LogP contribution in [0.3, 0.4) is 0 Å². The summed E-state index contributed by atoms with van der Waals surface area (Å²) in [5.41, 5.74) is 1.25. The van der Waals surface area contributed by atoms with Crippen LogP contribution in [0, 0.1) is 0 Å². The van der Waals surface area contributed by atoms with E-state index < -0.39 is 6.10 Å². The molecule has 1 unspecified atom stereocenters. The summed E-state index contributed by atoms with van der Waals surface area (Å²) in [4.78, 5) is 23.3. The van der Waals surface area contributed by atoms with Crippen LogP contribution in [0.1, 0.15) is 26.2 Å². The molecule has 5 nitrogen and oxygen atoms in total. The Hall–Kier alpha value is -1.56. The summed E-state index contributed by atoms with van der Waals surface area (Å²) in [6.07, 6.45) is 1.81. The fraction of sp³-hybridized carbons (Fsp3) is 0.429. The summed E-state index contributed by atoms with van der Waals surface area (Å²) >= 11 is 3.33. The zero-order chi connectivity index (χ0) is 14.5. The molecule has 1 aromatic carbocycles. The minimum atomic E-state index is -0.493. The van der Waals surface area contributed by atoms with Crippen LogP contribution >= 0.6 is 15.9 Å². The number of rotatable bonds is 5. The third-order valence-electron chi connectivity index (χ3n) is 2.98. The van der Waals surface area contributed by atoms with Crippen molar-refractivity contribution in [3.8, 4) is 5.75 Å². The van der Waals surface area contributed by atoms with Crippen LogP contribution in [0.4, 0.5) is 11.4 Å². The molecule has 0 bridgehead atoms. The molecule has 1 atom stereocenters. The molecule has 1 heterocycles. The second-order valence-electron chi connectivity index (χ2n) is 4.65. The molecule has 108 valence electrons. The molecule has 0 spiro atoms. The maximum Gasteiger partial charge on any atom is 0.265 e. The van der Waals surface area contributed by atoms with E-state index in [4.69, 9.17) is 4.74 Å². The van der Waals surface area contributed by atoms with Gasteiger partial charge in [-0.2, -0.15) is 0 Å². The van der Waals surface area contributed by atoms with Crippen LogP contribution in [0.2, 0.25) is 0 Å². The monoisotopic (exact) mass is 340 g/mol. The third kappa shape index (κ3) is 3.72. The number of ether oxygens (including phenoxy) is 1. The number of carbonyl (C=O) groups excluding carboxylic acids is 2. The van der Waals surface area contributed by atoms with E-state index in [9.17, 15) is 9.59 Å². The van der Waals surface area contributed by atoms with E-state index in [0.29, 0.717) is 23.5 Å². The van der Waals surface area contributed by atoms with Crippen LogP contribution in [0.15, 0.2) is 18.2 Å². The van der Waals surface area contributed by atoms with Gasteiger partial charge in [-0.05, 0) is 38.0 Å². The van der Waals surface area contributed by atoms with Gasteiger partial charge in [0, 0.05) is 17.4 Å². The molecule has 0 saturated heterocycles. The number of halogens is 1. The second-order valence-corrected chi connectivity index (χ2v) is 5.45. The van der Waals surface area contributed by atoms with Gasteiger partial charge in [-0.25, -0.2) is 0 Å². The summed E-state index contributed by atoms with van der Waals surface area (Å²) in [6, 6.07) is 5.23. The van der Waals surface area contributed by atoms with Crippen molar-refractivity contribution in [1.29, 1.82) is 0 Å². The smallest absolute Gasteiger partial charge is 0.265 e. The Balaban J connectivity index is 1.99. The first kappa shape index (κ1) is 14.8. The number of benzene rings is 1. The number of alkyl halides is 1. The number of amides is 2. The van der Waals surface area contributed by atoms with Crippen molar-refractivity contribution in [2.24, 2.45) is 0 Å². The van der Waals surface area contributed by atoms with Crippen LogP contribution < -0.4 is 15.4 Å². The Kier molecular flexibility index (Phi) is 5.00. The average Bonchev–Trinajstić information content (AvgIpc) is 2.41. The molecule has 20 heavy (non-hydrogen) atoms. The van der Waals surface area contributed by atoms with Crippen LogP contribution in [-0.2, 0) is 9.59 Å². The summed E-state index contributed by atoms with van der Waals surface area (Å²) < 4.78 is 5.45. The summed E-state index contributed by atoms with van der Waals surface area (Å²) in [6.45, 7) is 1.69. The molecule has 1 aliphatic heterocycles. The van der Waals surface area contributed by atoms with Crippen molar-refractivity contribution < 1.29 is 14.3 Å².